The summed E-state index contributed by atoms with van der Waals surface area (Å²) in [5.41, 5.74) is 2.67. The van der Waals surface area contributed by atoms with Crippen LogP contribution in [0.25, 0.3) is 11.3 Å². The molecule has 0 atom stereocenters. The van der Waals surface area contributed by atoms with E-state index >= 15 is 0 Å². The molecule has 0 aliphatic carbocycles. The summed E-state index contributed by atoms with van der Waals surface area (Å²) in [4.78, 5) is 10.8. The van der Waals surface area contributed by atoms with Crippen LogP contribution in [0.1, 0.15) is 11.1 Å². The van der Waals surface area contributed by atoms with Crippen LogP contribution in [0.2, 0.25) is 5.02 Å². The van der Waals surface area contributed by atoms with Gasteiger partial charge in [-0.3, -0.25) is 4.79 Å². The van der Waals surface area contributed by atoms with Crippen LogP contribution >= 0.6 is 11.6 Å². The minimum atomic E-state index is 0.675. The Kier molecular flexibility index (Phi) is 3.40. The lowest BCUT2D eigenvalue weighted by Crippen LogP contribution is -2.03. The van der Waals surface area contributed by atoms with Crippen molar-refractivity contribution in [1.29, 1.82) is 0 Å². The standard InChI is InChI=1S/C17H11ClO2/c18-14-7-5-12(6-8-14)17-11-13(9-10-19)15-3-1-2-4-16(15)20-17/h1-11H/b13-9+. The molecule has 0 radical (unpaired) electrons. The first-order valence-electron chi connectivity index (χ1n) is 6.18. The number of benzene rings is 2. The van der Waals surface area contributed by atoms with Crippen molar-refractivity contribution in [2.75, 3.05) is 0 Å². The molecule has 2 aromatic carbocycles. The average molecular weight is 283 g/mol. The Balaban J connectivity index is 2.08. The number of carbonyl (C=O) groups is 1. The molecule has 3 rings (SSSR count). The predicted molar refractivity (Wildman–Crippen MR) is 80.5 cm³/mol. The fourth-order valence-corrected chi connectivity index (χ4v) is 2.25. The van der Waals surface area contributed by atoms with Crippen molar-refractivity contribution in [1.82, 2.24) is 0 Å². The summed E-state index contributed by atoms with van der Waals surface area (Å²) < 4.78 is 5.90. The van der Waals surface area contributed by atoms with E-state index in [-0.39, 0.29) is 0 Å². The van der Waals surface area contributed by atoms with Crippen LogP contribution in [0.5, 0.6) is 5.75 Å². The molecule has 1 heterocycles. The topological polar surface area (TPSA) is 26.3 Å². The first-order valence-corrected chi connectivity index (χ1v) is 6.56. The lowest BCUT2D eigenvalue weighted by molar-refractivity contribution is -0.104. The van der Waals surface area contributed by atoms with Gasteiger partial charge in [-0.1, -0.05) is 29.8 Å². The molecule has 0 N–H and O–H groups in total. The lowest BCUT2D eigenvalue weighted by Gasteiger charge is -2.20. The number of ether oxygens (including phenoxy) is 1. The predicted octanol–water partition coefficient (Wildman–Crippen LogP) is 4.36. The van der Waals surface area contributed by atoms with E-state index in [0.717, 1.165) is 28.7 Å². The van der Waals surface area contributed by atoms with Crippen LogP contribution in [0, 0.1) is 0 Å². The van der Waals surface area contributed by atoms with Crippen molar-refractivity contribution in [2.24, 2.45) is 0 Å². The van der Waals surface area contributed by atoms with Gasteiger partial charge in [0.05, 0.1) is 0 Å². The molecular weight excluding hydrogens is 272 g/mol. The Morgan fingerprint density at radius 1 is 1.00 bits per heavy atom. The summed E-state index contributed by atoms with van der Waals surface area (Å²) in [7, 11) is 0. The highest BCUT2D eigenvalue weighted by Gasteiger charge is 2.17. The number of rotatable bonds is 2. The minimum absolute atomic E-state index is 0.675. The molecule has 0 amide bonds. The molecule has 2 nitrogen and oxygen atoms in total. The van der Waals surface area contributed by atoms with Crippen LogP contribution in [-0.4, -0.2) is 6.29 Å². The van der Waals surface area contributed by atoms with Crippen molar-refractivity contribution in [3.63, 3.8) is 0 Å². The van der Waals surface area contributed by atoms with E-state index in [1.54, 1.807) is 0 Å². The Morgan fingerprint density at radius 3 is 2.50 bits per heavy atom. The molecule has 0 unspecified atom stereocenters. The fraction of sp³-hybridized carbons (Fsp3) is 0. The van der Waals surface area contributed by atoms with E-state index in [2.05, 4.69) is 0 Å². The van der Waals surface area contributed by atoms with E-state index in [0.29, 0.717) is 10.8 Å². The van der Waals surface area contributed by atoms with Gasteiger partial charge in [0.1, 0.15) is 17.8 Å². The molecule has 1 aliphatic heterocycles. The Bertz CT molecular complexity index is 712. The number of hydrogen-bond donors (Lipinski definition) is 0. The highest BCUT2D eigenvalue weighted by atomic mass is 35.5. The molecule has 0 saturated carbocycles. The molecule has 20 heavy (non-hydrogen) atoms. The SMILES string of the molecule is O=C/C=C1\C=C(c2ccc(Cl)cc2)Oc2ccccc21. The molecule has 0 aromatic heterocycles. The second-order valence-electron chi connectivity index (χ2n) is 4.37. The first-order chi connectivity index (χ1) is 9.78. The van der Waals surface area contributed by atoms with E-state index in [1.807, 2.05) is 54.6 Å². The summed E-state index contributed by atoms with van der Waals surface area (Å²) in [5, 5.41) is 0.675. The number of halogens is 1. The maximum absolute atomic E-state index is 10.8. The third-order valence-electron chi connectivity index (χ3n) is 3.08. The van der Waals surface area contributed by atoms with E-state index in [1.165, 1.54) is 6.08 Å². The lowest BCUT2D eigenvalue weighted by atomic mass is 9.99. The maximum atomic E-state index is 10.8. The third-order valence-corrected chi connectivity index (χ3v) is 3.33. The fourth-order valence-electron chi connectivity index (χ4n) is 2.13. The second kappa shape index (κ2) is 5.35. The van der Waals surface area contributed by atoms with Crippen LogP contribution in [0.15, 0.2) is 60.7 Å². The van der Waals surface area contributed by atoms with Crippen LogP contribution < -0.4 is 4.74 Å². The van der Waals surface area contributed by atoms with E-state index < -0.39 is 0 Å². The van der Waals surface area contributed by atoms with E-state index in [9.17, 15) is 4.79 Å². The van der Waals surface area contributed by atoms with Crippen molar-refractivity contribution in [2.45, 2.75) is 0 Å². The summed E-state index contributed by atoms with van der Waals surface area (Å²) in [6.45, 7) is 0. The molecule has 0 bridgehead atoms. The smallest absolute Gasteiger partial charge is 0.143 e. The van der Waals surface area contributed by atoms with Gasteiger partial charge in [-0.15, -0.1) is 0 Å². The van der Waals surface area contributed by atoms with Gasteiger partial charge in [-0.25, -0.2) is 0 Å². The van der Waals surface area contributed by atoms with Gasteiger partial charge in [0, 0.05) is 16.1 Å². The Morgan fingerprint density at radius 2 is 1.75 bits per heavy atom. The van der Waals surface area contributed by atoms with Gasteiger partial charge in [-0.2, -0.15) is 0 Å². The van der Waals surface area contributed by atoms with Crippen LogP contribution in [-0.2, 0) is 4.79 Å². The maximum Gasteiger partial charge on any atom is 0.143 e. The Labute approximate surface area is 122 Å². The Hall–Kier alpha value is -2.32. The summed E-state index contributed by atoms with van der Waals surface area (Å²) >= 11 is 5.89. The number of allylic oxidation sites excluding steroid dienone is 3. The number of para-hydroxylation sites is 1. The van der Waals surface area contributed by atoms with Crippen LogP contribution in [0.3, 0.4) is 0 Å². The van der Waals surface area contributed by atoms with Crippen molar-refractivity contribution < 1.29 is 9.53 Å². The second-order valence-corrected chi connectivity index (χ2v) is 4.81. The molecule has 3 heteroatoms. The van der Waals surface area contributed by atoms with Gasteiger partial charge in [0.25, 0.3) is 0 Å². The number of aldehydes is 1. The number of carbonyl (C=O) groups excluding carboxylic acids is 1. The highest BCUT2D eigenvalue weighted by molar-refractivity contribution is 6.30. The van der Waals surface area contributed by atoms with Crippen molar-refractivity contribution >= 4 is 29.2 Å². The van der Waals surface area contributed by atoms with Gasteiger partial charge < -0.3 is 4.74 Å². The quantitative estimate of drug-likeness (QED) is 0.604. The largest absolute Gasteiger partial charge is 0.456 e. The average Bonchev–Trinajstić information content (AvgIpc) is 2.48. The summed E-state index contributed by atoms with van der Waals surface area (Å²) in [5.74, 6) is 1.45. The number of fused-ring (bicyclic) bond motifs is 1. The minimum Gasteiger partial charge on any atom is -0.456 e. The molecule has 0 spiro atoms. The molecule has 98 valence electrons. The zero-order chi connectivity index (χ0) is 13.9. The normalized spacial score (nSPS) is 15.2. The monoisotopic (exact) mass is 282 g/mol. The van der Waals surface area contributed by atoms with E-state index in [4.69, 9.17) is 16.3 Å². The van der Waals surface area contributed by atoms with Gasteiger partial charge in [0.2, 0.25) is 0 Å². The molecule has 0 saturated heterocycles. The zero-order valence-corrected chi connectivity index (χ0v) is 11.3. The zero-order valence-electron chi connectivity index (χ0n) is 10.5. The van der Waals surface area contributed by atoms with Crippen molar-refractivity contribution in [3.8, 4) is 5.75 Å². The van der Waals surface area contributed by atoms with Gasteiger partial charge in [-0.05, 0) is 48.1 Å². The number of hydrogen-bond acceptors (Lipinski definition) is 2. The van der Waals surface area contributed by atoms with Gasteiger partial charge >= 0.3 is 0 Å². The van der Waals surface area contributed by atoms with Crippen molar-refractivity contribution in [3.05, 3.63) is 76.8 Å². The summed E-state index contributed by atoms with van der Waals surface area (Å²) in [6.07, 6.45) is 4.19. The van der Waals surface area contributed by atoms with Crippen LogP contribution in [0.4, 0.5) is 0 Å². The van der Waals surface area contributed by atoms with Gasteiger partial charge in [0.15, 0.2) is 0 Å². The highest BCUT2D eigenvalue weighted by Crippen LogP contribution is 2.36. The molecule has 0 fully saturated rings. The first kappa shape index (κ1) is 12.7. The summed E-state index contributed by atoms with van der Waals surface area (Å²) in [6, 6.07) is 15.0. The molecule has 2 aromatic rings. The third kappa shape index (κ3) is 2.38. The molecular formula is C17H11ClO2. The molecule has 1 aliphatic rings.